The topological polar surface area (TPSA) is 0 Å². The van der Waals surface area contributed by atoms with Crippen LogP contribution in [0.25, 0.3) is 0 Å². The molecule has 0 fully saturated rings. The molecule has 1 atom stereocenters. The first kappa shape index (κ1) is 24.7. The molecule has 0 nitrogen and oxygen atoms in total. The van der Waals surface area contributed by atoms with Gasteiger partial charge < -0.3 is 0 Å². The van der Waals surface area contributed by atoms with Crippen LogP contribution in [0.2, 0.25) is 0 Å². The molecule has 0 heterocycles. The van der Waals surface area contributed by atoms with Gasteiger partial charge in [-0.2, -0.15) is 0 Å². The van der Waals surface area contributed by atoms with Gasteiger partial charge in [0, 0.05) is 0 Å². The van der Waals surface area contributed by atoms with Crippen LogP contribution in [0.5, 0.6) is 0 Å². The highest BCUT2D eigenvalue weighted by Gasteiger charge is 1.98. The van der Waals surface area contributed by atoms with Crippen molar-refractivity contribution < 1.29 is 0 Å². The molecular weight excluding hydrogens is 240 g/mol. The van der Waals surface area contributed by atoms with E-state index in [1.807, 2.05) is 0 Å². The number of rotatable bonds is 8. The minimum Gasteiger partial charge on any atom is -0.0883 e. The van der Waals surface area contributed by atoms with E-state index in [-0.39, 0.29) is 0 Å². The first-order valence-corrected chi connectivity index (χ1v) is 9.16. The Bertz CT molecular complexity index is 153. The van der Waals surface area contributed by atoms with Crippen LogP contribution in [-0.4, -0.2) is 0 Å². The molecule has 0 aliphatic rings. The van der Waals surface area contributed by atoms with Crippen LogP contribution in [0.4, 0.5) is 0 Å². The second-order valence-corrected chi connectivity index (χ2v) is 6.29. The van der Waals surface area contributed by atoms with E-state index in [0.29, 0.717) is 0 Å². The third-order valence-electron chi connectivity index (χ3n) is 2.63. The number of unbranched alkanes of at least 4 members (excludes halogenated alkanes) is 2. The molecule has 0 aliphatic carbocycles. The van der Waals surface area contributed by atoms with Crippen molar-refractivity contribution in [2.75, 3.05) is 0 Å². The van der Waals surface area contributed by atoms with E-state index in [0.717, 1.165) is 11.8 Å². The number of hydrogen-bond donors (Lipinski definition) is 0. The third kappa shape index (κ3) is 36.1. The SMILES string of the molecule is CCC.CCC.CCCC/C=C\C(C)CCCC(C)C. The Hall–Kier alpha value is -0.260. The van der Waals surface area contributed by atoms with Crippen LogP contribution < -0.4 is 0 Å². The van der Waals surface area contributed by atoms with Crippen molar-refractivity contribution in [1.82, 2.24) is 0 Å². The molecule has 0 heteroatoms. The van der Waals surface area contributed by atoms with Crippen LogP contribution in [-0.2, 0) is 0 Å². The molecular formula is C20H44. The van der Waals surface area contributed by atoms with Crippen molar-refractivity contribution in [2.45, 2.75) is 107 Å². The van der Waals surface area contributed by atoms with Crippen LogP contribution in [0.1, 0.15) is 107 Å². The van der Waals surface area contributed by atoms with E-state index in [1.165, 1.54) is 51.4 Å². The Balaban J connectivity index is -0.000000408. The Labute approximate surface area is 131 Å². The molecule has 0 aliphatic heterocycles. The van der Waals surface area contributed by atoms with Gasteiger partial charge in [-0.15, -0.1) is 0 Å². The van der Waals surface area contributed by atoms with E-state index >= 15 is 0 Å². The molecule has 0 aromatic heterocycles. The van der Waals surface area contributed by atoms with Gasteiger partial charge in [0.15, 0.2) is 0 Å². The second-order valence-electron chi connectivity index (χ2n) is 6.29. The zero-order chi connectivity index (χ0) is 16.2. The maximum absolute atomic E-state index is 2.40. The summed E-state index contributed by atoms with van der Waals surface area (Å²) in [4.78, 5) is 0. The lowest BCUT2D eigenvalue weighted by atomic mass is 9.99. The van der Waals surface area contributed by atoms with E-state index in [4.69, 9.17) is 0 Å². The molecule has 0 saturated heterocycles. The predicted molar refractivity (Wildman–Crippen MR) is 98.4 cm³/mol. The van der Waals surface area contributed by atoms with Crippen molar-refractivity contribution >= 4 is 0 Å². The third-order valence-corrected chi connectivity index (χ3v) is 2.63. The van der Waals surface area contributed by atoms with Crippen LogP contribution in [0.15, 0.2) is 12.2 Å². The first-order valence-electron chi connectivity index (χ1n) is 9.16. The normalized spacial score (nSPS) is 11.7. The van der Waals surface area contributed by atoms with Gasteiger partial charge in [0.05, 0.1) is 0 Å². The summed E-state index contributed by atoms with van der Waals surface area (Å²) in [5.74, 6) is 1.65. The largest absolute Gasteiger partial charge is 0.0883 e. The van der Waals surface area contributed by atoms with Gasteiger partial charge in [0.2, 0.25) is 0 Å². The molecule has 124 valence electrons. The predicted octanol–water partition coefficient (Wildman–Crippen LogP) is 8.03. The van der Waals surface area contributed by atoms with Gasteiger partial charge in [-0.3, -0.25) is 0 Å². The second kappa shape index (κ2) is 23.8. The van der Waals surface area contributed by atoms with Gasteiger partial charge in [-0.25, -0.2) is 0 Å². The first-order chi connectivity index (χ1) is 9.49. The van der Waals surface area contributed by atoms with Crippen molar-refractivity contribution in [1.29, 1.82) is 0 Å². The Morgan fingerprint density at radius 1 is 0.750 bits per heavy atom. The molecule has 0 saturated carbocycles. The molecule has 1 unspecified atom stereocenters. The molecule has 20 heavy (non-hydrogen) atoms. The Kier molecular flexibility index (Phi) is 29.4. The lowest BCUT2D eigenvalue weighted by Gasteiger charge is -2.07. The van der Waals surface area contributed by atoms with E-state index in [1.54, 1.807) is 0 Å². The number of hydrogen-bond acceptors (Lipinski definition) is 0. The summed E-state index contributed by atoms with van der Waals surface area (Å²) in [6.45, 7) is 17.7. The minimum absolute atomic E-state index is 0.783. The Morgan fingerprint density at radius 2 is 1.25 bits per heavy atom. The van der Waals surface area contributed by atoms with E-state index in [2.05, 4.69) is 67.5 Å². The molecule has 0 amide bonds. The maximum Gasteiger partial charge on any atom is -0.0262 e. The van der Waals surface area contributed by atoms with Crippen molar-refractivity contribution in [3.05, 3.63) is 12.2 Å². The molecule has 0 aromatic rings. The van der Waals surface area contributed by atoms with Crippen molar-refractivity contribution in [2.24, 2.45) is 11.8 Å². The Morgan fingerprint density at radius 3 is 1.65 bits per heavy atom. The van der Waals surface area contributed by atoms with Gasteiger partial charge >= 0.3 is 0 Å². The van der Waals surface area contributed by atoms with Gasteiger partial charge in [0.1, 0.15) is 0 Å². The average Bonchev–Trinajstić information content (AvgIpc) is 2.36. The lowest BCUT2D eigenvalue weighted by Crippen LogP contribution is -1.93. The van der Waals surface area contributed by atoms with E-state index in [9.17, 15) is 0 Å². The zero-order valence-electron chi connectivity index (χ0n) is 16.0. The van der Waals surface area contributed by atoms with Gasteiger partial charge in [-0.1, -0.05) is 106 Å². The fourth-order valence-corrected chi connectivity index (χ4v) is 1.59. The summed E-state index contributed by atoms with van der Waals surface area (Å²) in [6.07, 6.45) is 15.3. The van der Waals surface area contributed by atoms with E-state index < -0.39 is 0 Å². The van der Waals surface area contributed by atoms with Crippen molar-refractivity contribution in [3.63, 3.8) is 0 Å². The van der Waals surface area contributed by atoms with Gasteiger partial charge in [0.25, 0.3) is 0 Å². The standard InChI is InChI=1S/C14H28.2C3H8/c1-5-6-7-8-11-14(4)12-9-10-13(2)3;2*1-3-2/h8,11,13-14H,5-7,9-10,12H2,1-4H3;2*3H2,1-2H3/b11-8-;;. The number of allylic oxidation sites excluding steroid dienone is 2. The summed E-state index contributed by atoms with van der Waals surface area (Å²) >= 11 is 0. The molecule has 0 rings (SSSR count). The summed E-state index contributed by atoms with van der Waals surface area (Å²) in [6, 6.07) is 0. The summed E-state index contributed by atoms with van der Waals surface area (Å²) < 4.78 is 0. The lowest BCUT2D eigenvalue weighted by molar-refractivity contribution is 0.501. The molecule has 0 radical (unpaired) electrons. The maximum atomic E-state index is 2.40. The van der Waals surface area contributed by atoms with Crippen LogP contribution >= 0.6 is 0 Å². The minimum atomic E-state index is 0.783. The summed E-state index contributed by atoms with van der Waals surface area (Å²) in [7, 11) is 0. The van der Waals surface area contributed by atoms with Gasteiger partial charge in [-0.05, 0) is 24.7 Å². The highest BCUT2D eigenvalue weighted by molar-refractivity contribution is 4.86. The fraction of sp³-hybridized carbons (Fsp3) is 0.900. The monoisotopic (exact) mass is 284 g/mol. The molecule has 0 bridgehead atoms. The molecule has 0 aromatic carbocycles. The average molecular weight is 285 g/mol. The van der Waals surface area contributed by atoms with Crippen LogP contribution in [0.3, 0.4) is 0 Å². The highest BCUT2D eigenvalue weighted by Crippen LogP contribution is 2.13. The highest BCUT2D eigenvalue weighted by atomic mass is 14.0. The smallest absolute Gasteiger partial charge is 0.0262 e. The summed E-state index contributed by atoms with van der Waals surface area (Å²) in [5.41, 5.74) is 0. The fourth-order valence-electron chi connectivity index (χ4n) is 1.59. The van der Waals surface area contributed by atoms with Crippen molar-refractivity contribution in [3.8, 4) is 0 Å². The quantitative estimate of drug-likeness (QED) is 0.312. The molecule has 0 N–H and O–H groups in total. The molecule has 0 spiro atoms. The zero-order valence-corrected chi connectivity index (χ0v) is 16.0. The summed E-state index contributed by atoms with van der Waals surface area (Å²) in [5, 5.41) is 0. The van der Waals surface area contributed by atoms with Crippen LogP contribution in [0, 0.1) is 11.8 Å².